The molecule has 15 heavy (non-hydrogen) atoms. The van der Waals surface area contributed by atoms with Gasteiger partial charge in [0.25, 0.3) is 0 Å². The molecule has 2 aromatic heterocycles. The van der Waals surface area contributed by atoms with E-state index in [2.05, 4.69) is 9.97 Å². The molecule has 0 unspecified atom stereocenters. The van der Waals surface area contributed by atoms with Gasteiger partial charge in [0.1, 0.15) is 5.82 Å². The van der Waals surface area contributed by atoms with E-state index in [1.165, 1.54) is 6.20 Å². The van der Waals surface area contributed by atoms with Crippen molar-refractivity contribution in [3.63, 3.8) is 0 Å². The van der Waals surface area contributed by atoms with E-state index in [9.17, 15) is 4.39 Å². The van der Waals surface area contributed by atoms with Gasteiger partial charge in [-0.2, -0.15) is 0 Å². The van der Waals surface area contributed by atoms with E-state index < -0.39 is 0 Å². The van der Waals surface area contributed by atoms with Gasteiger partial charge in [0.2, 0.25) is 0 Å². The van der Waals surface area contributed by atoms with Crippen molar-refractivity contribution >= 4 is 11.6 Å². The zero-order valence-electron chi connectivity index (χ0n) is 7.82. The number of rotatable bonds is 2. The van der Waals surface area contributed by atoms with Gasteiger partial charge in [0.05, 0.1) is 12.1 Å². The number of pyridine rings is 2. The minimum Gasteiger partial charge on any atom is -0.265 e. The Labute approximate surface area is 91.8 Å². The van der Waals surface area contributed by atoms with Crippen molar-refractivity contribution in [2.24, 2.45) is 0 Å². The molecule has 0 N–H and O–H groups in total. The van der Waals surface area contributed by atoms with Crippen LogP contribution in [0.4, 0.5) is 4.39 Å². The van der Waals surface area contributed by atoms with Crippen molar-refractivity contribution in [3.05, 3.63) is 48.3 Å². The second-order valence-corrected chi connectivity index (χ2v) is 3.28. The van der Waals surface area contributed by atoms with Crippen LogP contribution in [0.3, 0.4) is 0 Å². The maximum absolute atomic E-state index is 13.4. The van der Waals surface area contributed by atoms with E-state index in [0.29, 0.717) is 11.1 Å². The summed E-state index contributed by atoms with van der Waals surface area (Å²) >= 11 is 5.70. The number of halogens is 2. The van der Waals surface area contributed by atoms with Crippen molar-refractivity contribution in [1.82, 2.24) is 9.97 Å². The molecule has 0 fully saturated rings. The molecule has 0 aliphatic rings. The Hall–Kier alpha value is -1.48. The van der Waals surface area contributed by atoms with Crippen LogP contribution in [-0.4, -0.2) is 9.97 Å². The van der Waals surface area contributed by atoms with E-state index >= 15 is 0 Å². The summed E-state index contributed by atoms with van der Waals surface area (Å²) in [6.45, 7) is 0. The normalized spacial score (nSPS) is 10.3. The lowest BCUT2D eigenvalue weighted by Crippen LogP contribution is -1.93. The van der Waals surface area contributed by atoms with E-state index in [-0.39, 0.29) is 11.7 Å². The van der Waals surface area contributed by atoms with Gasteiger partial charge >= 0.3 is 0 Å². The maximum Gasteiger partial charge on any atom is 0.146 e. The molecule has 0 atom stereocenters. The van der Waals surface area contributed by atoms with Crippen molar-refractivity contribution in [3.8, 4) is 11.1 Å². The van der Waals surface area contributed by atoms with Crippen LogP contribution in [0, 0.1) is 5.82 Å². The molecule has 0 aliphatic carbocycles. The highest BCUT2D eigenvalue weighted by Crippen LogP contribution is 2.25. The molecule has 0 aliphatic heterocycles. The molecule has 2 rings (SSSR count). The average molecular weight is 223 g/mol. The summed E-state index contributed by atoms with van der Waals surface area (Å²) in [5.41, 5.74) is 2.05. The minimum atomic E-state index is -0.376. The average Bonchev–Trinajstić information content (AvgIpc) is 2.30. The third-order valence-electron chi connectivity index (χ3n) is 2.13. The lowest BCUT2D eigenvalue weighted by Gasteiger charge is -2.06. The summed E-state index contributed by atoms with van der Waals surface area (Å²) < 4.78 is 13.4. The van der Waals surface area contributed by atoms with Crippen LogP contribution >= 0.6 is 11.6 Å². The predicted molar refractivity (Wildman–Crippen MR) is 57.0 cm³/mol. The fourth-order valence-electron chi connectivity index (χ4n) is 1.38. The first-order chi connectivity index (χ1) is 7.33. The van der Waals surface area contributed by atoms with Gasteiger partial charge in [-0.05, 0) is 17.7 Å². The number of nitrogens with zero attached hydrogens (tertiary/aromatic N) is 2. The summed E-state index contributed by atoms with van der Waals surface area (Å²) in [4.78, 5) is 7.72. The van der Waals surface area contributed by atoms with E-state index in [0.717, 1.165) is 5.56 Å². The van der Waals surface area contributed by atoms with Crippen LogP contribution < -0.4 is 0 Å². The molecule has 2 nitrogen and oxygen atoms in total. The third kappa shape index (κ3) is 1.97. The van der Waals surface area contributed by atoms with Crippen LogP contribution in [0.1, 0.15) is 5.56 Å². The van der Waals surface area contributed by atoms with Crippen LogP contribution in [0.5, 0.6) is 0 Å². The van der Waals surface area contributed by atoms with E-state index in [4.69, 9.17) is 11.6 Å². The first kappa shape index (κ1) is 10.1. The molecule has 0 bridgehead atoms. The fraction of sp³-hybridized carbons (Fsp3) is 0.0909. The quantitative estimate of drug-likeness (QED) is 0.730. The topological polar surface area (TPSA) is 25.8 Å². The Balaban J connectivity index is 2.58. The molecule has 0 saturated heterocycles. The Kier molecular flexibility index (Phi) is 2.92. The predicted octanol–water partition coefficient (Wildman–Crippen LogP) is 3.02. The number of hydrogen-bond acceptors (Lipinski definition) is 2. The second-order valence-electron chi connectivity index (χ2n) is 3.02. The Morgan fingerprint density at radius 2 is 1.87 bits per heavy atom. The van der Waals surface area contributed by atoms with Crippen molar-refractivity contribution in [2.45, 2.75) is 5.88 Å². The Morgan fingerprint density at radius 3 is 2.53 bits per heavy atom. The lowest BCUT2D eigenvalue weighted by molar-refractivity contribution is 0.611. The smallest absolute Gasteiger partial charge is 0.146 e. The van der Waals surface area contributed by atoms with Gasteiger partial charge in [0.15, 0.2) is 0 Å². The molecule has 0 radical (unpaired) electrons. The summed E-state index contributed by atoms with van der Waals surface area (Å²) in [5.74, 6) is -0.245. The molecular weight excluding hydrogens is 215 g/mol. The largest absolute Gasteiger partial charge is 0.265 e. The Bertz CT molecular complexity index is 459. The molecule has 0 saturated carbocycles. The monoisotopic (exact) mass is 222 g/mol. The molecule has 0 aromatic carbocycles. The molecule has 2 heterocycles. The molecule has 4 heteroatoms. The van der Waals surface area contributed by atoms with Gasteiger partial charge in [-0.15, -0.1) is 11.6 Å². The van der Waals surface area contributed by atoms with Gasteiger partial charge in [-0.1, -0.05) is 0 Å². The lowest BCUT2D eigenvalue weighted by atomic mass is 10.0. The summed E-state index contributed by atoms with van der Waals surface area (Å²) in [7, 11) is 0. The first-order valence-corrected chi connectivity index (χ1v) is 4.95. The second kappa shape index (κ2) is 4.36. The maximum atomic E-state index is 13.4. The SMILES string of the molecule is Fc1cncc(-c2ccncc2)c1CCl. The first-order valence-electron chi connectivity index (χ1n) is 4.41. The van der Waals surface area contributed by atoms with Crippen LogP contribution in [0.2, 0.25) is 0 Å². The highest BCUT2D eigenvalue weighted by atomic mass is 35.5. The minimum absolute atomic E-state index is 0.131. The van der Waals surface area contributed by atoms with Crippen molar-refractivity contribution in [2.75, 3.05) is 0 Å². The molecule has 0 spiro atoms. The molecule has 0 amide bonds. The standard InChI is InChI=1S/C11H8ClFN2/c12-5-9-10(6-15-7-11(9)13)8-1-3-14-4-2-8/h1-4,6-7H,5H2. The van der Waals surface area contributed by atoms with Gasteiger partial charge in [-0.3, -0.25) is 9.97 Å². The summed E-state index contributed by atoms with van der Waals surface area (Å²) in [5, 5.41) is 0. The van der Waals surface area contributed by atoms with E-state index in [1.807, 2.05) is 0 Å². The van der Waals surface area contributed by atoms with Crippen LogP contribution in [-0.2, 0) is 5.88 Å². The van der Waals surface area contributed by atoms with Crippen LogP contribution in [0.15, 0.2) is 36.9 Å². The summed E-state index contributed by atoms with van der Waals surface area (Å²) in [6, 6.07) is 3.60. The van der Waals surface area contributed by atoms with Gasteiger partial charge < -0.3 is 0 Å². The van der Waals surface area contributed by atoms with E-state index in [1.54, 1.807) is 30.7 Å². The number of hydrogen-bond donors (Lipinski definition) is 0. The Morgan fingerprint density at radius 1 is 1.13 bits per heavy atom. The highest BCUT2D eigenvalue weighted by Gasteiger charge is 2.09. The van der Waals surface area contributed by atoms with Crippen molar-refractivity contribution < 1.29 is 4.39 Å². The third-order valence-corrected chi connectivity index (χ3v) is 2.40. The zero-order chi connectivity index (χ0) is 10.7. The number of aromatic nitrogens is 2. The summed E-state index contributed by atoms with van der Waals surface area (Å²) in [6.07, 6.45) is 6.08. The van der Waals surface area contributed by atoms with Crippen LogP contribution in [0.25, 0.3) is 11.1 Å². The van der Waals surface area contributed by atoms with Gasteiger partial charge in [0, 0.05) is 29.7 Å². The molecule has 76 valence electrons. The van der Waals surface area contributed by atoms with Crippen molar-refractivity contribution in [1.29, 1.82) is 0 Å². The fourth-order valence-corrected chi connectivity index (χ4v) is 1.65. The highest BCUT2D eigenvalue weighted by molar-refractivity contribution is 6.17. The molecular formula is C11H8ClFN2. The zero-order valence-corrected chi connectivity index (χ0v) is 8.58. The molecule has 2 aromatic rings. The van der Waals surface area contributed by atoms with Gasteiger partial charge in [-0.25, -0.2) is 4.39 Å². The number of alkyl halides is 1.